The van der Waals surface area contributed by atoms with Crippen LogP contribution in [-0.4, -0.2) is 36.5 Å². The van der Waals surface area contributed by atoms with Gasteiger partial charge in [-0.1, -0.05) is 18.1 Å². The molecule has 24 heavy (non-hydrogen) atoms. The highest BCUT2D eigenvalue weighted by Crippen LogP contribution is 2.29. The second-order valence-corrected chi connectivity index (χ2v) is 8.59. The monoisotopic (exact) mass is 346 g/mol. The summed E-state index contributed by atoms with van der Waals surface area (Å²) in [7, 11) is 0. The predicted octanol–water partition coefficient (Wildman–Crippen LogP) is 4.18. The van der Waals surface area contributed by atoms with Crippen molar-refractivity contribution in [3.8, 4) is 0 Å². The number of fused-ring (bicyclic) bond motifs is 1. The molecule has 0 saturated carbocycles. The Morgan fingerprint density at radius 2 is 2.00 bits per heavy atom. The van der Waals surface area contributed by atoms with E-state index in [9.17, 15) is 4.79 Å². The Hall–Kier alpha value is -1.13. The number of allylic oxidation sites excluding steroid dienone is 1. The van der Waals surface area contributed by atoms with Crippen LogP contribution in [-0.2, 0) is 12.8 Å². The lowest BCUT2D eigenvalue weighted by atomic mass is 10.0. The number of piperidine rings is 1. The summed E-state index contributed by atoms with van der Waals surface area (Å²) >= 11 is 1.73. The van der Waals surface area contributed by atoms with Gasteiger partial charge in [-0.15, -0.1) is 11.3 Å². The van der Waals surface area contributed by atoms with Gasteiger partial charge in [0.15, 0.2) is 0 Å². The van der Waals surface area contributed by atoms with Crippen LogP contribution in [0.1, 0.15) is 66.1 Å². The van der Waals surface area contributed by atoms with Gasteiger partial charge in [0, 0.05) is 30.6 Å². The zero-order valence-corrected chi connectivity index (χ0v) is 15.9. The molecule has 132 valence electrons. The molecule has 1 aliphatic carbocycles. The Kier molecular flexibility index (Phi) is 6.12. The van der Waals surface area contributed by atoms with Gasteiger partial charge in [-0.25, -0.2) is 0 Å². The first-order chi connectivity index (χ1) is 11.6. The Bertz CT molecular complexity index is 569. The minimum absolute atomic E-state index is 0.149. The summed E-state index contributed by atoms with van der Waals surface area (Å²) in [5, 5.41) is 3.27. The molecule has 1 N–H and O–H groups in total. The fraction of sp³-hybridized carbons (Fsp3) is 0.650. The Morgan fingerprint density at radius 3 is 2.75 bits per heavy atom. The van der Waals surface area contributed by atoms with Crippen LogP contribution in [0.2, 0.25) is 0 Å². The lowest BCUT2D eigenvalue weighted by Gasteiger charge is -2.31. The Labute approximate surface area is 150 Å². The summed E-state index contributed by atoms with van der Waals surface area (Å²) in [4.78, 5) is 17.4. The number of hydrogen-bond acceptors (Lipinski definition) is 3. The quantitative estimate of drug-likeness (QED) is 0.655. The fourth-order valence-corrected chi connectivity index (χ4v) is 4.76. The van der Waals surface area contributed by atoms with E-state index in [0.29, 0.717) is 6.04 Å². The van der Waals surface area contributed by atoms with Crippen molar-refractivity contribution in [1.82, 2.24) is 10.2 Å². The third kappa shape index (κ3) is 4.70. The van der Waals surface area contributed by atoms with Gasteiger partial charge in [0.05, 0.1) is 4.88 Å². The van der Waals surface area contributed by atoms with E-state index in [1.165, 1.54) is 35.3 Å². The lowest BCUT2D eigenvalue weighted by Crippen LogP contribution is -2.44. The minimum Gasteiger partial charge on any atom is -0.349 e. The number of nitrogens with zero attached hydrogens (tertiary/aromatic N) is 1. The van der Waals surface area contributed by atoms with Crippen LogP contribution in [0.15, 0.2) is 17.7 Å². The van der Waals surface area contributed by atoms with E-state index in [1.54, 1.807) is 11.3 Å². The molecule has 0 spiro atoms. The molecular formula is C20H30N2OS. The number of amides is 1. The highest BCUT2D eigenvalue weighted by atomic mass is 32.1. The van der Waals surface area contributed by atoms with Crippen molar-refractivity contribution in [2.45, 2.75) is 64.8 Å². The molecule has 1 aliphatic heterocycles. The third-order valence-electron chi connectivity index (χ3n) is 5.15. The summed E-state index contributed by atoms with van der Waals surface area (Å²) < 4.78 is 0. The number of carbonyl (C=O) groups is 1. The van der Waals surface area contributed by atoms with Crippen molar-refractivity contribution in [2.75, 3.05) is 19.6 Å². The van der Waals surface area contributed by atoms with Gasteiger partial charge in [0.1, 0.15) is 0 Å². The average Bonchev–Trinajstić information content (AvgIpc) is 2.85. The van der Waals surface area contributed by atoms with E-state index in [0.717, 1.165) is 50.2 Å². The van der Waals surface area contributed by atoms with Crippen molar-refractivity contribution in [2.24, 2.45) is 0 Å². The molecule has 1 fully saturated rings. The molecule has 0 aromatic carbocycles. The first-order valence-corrected chi connectivity index (χ1v) is 10.2. The molecule has 0 unspecified atom stereocenters. The van der Waals surface area contributed by atoms with Gasteiger partial charge in [0.2, 0.25) is 0 Å². The van der Waals surface area contributed by atoms with E-state index in [4.69, 9.17) is 0 Å². The first kappa shape index (κ1) is 17.7. The molecule has 1 aromatic heterocycles. The molecular weight excluding hydrogens is 316 g/mol. The van der Waals surface area contributed by atoms with Crippen molar-refractivity contribution in [3.05, 3.63) is 33.0 Å². The number of thiophene rings is 1. The zero-order chi connectivity index (χ0) is 16.9. The maximum atomic E-state index is 12.6. The van der Waals surface area contributed by atoms with Gasteiger partial charge in [-0.05, 0) is 64.0 Å². The van der Waals surface area contributed by atoms with Crippen molar-refractivity contribution >= 4 is 17.2 Å². The van der Waals surface area contributed by atoms with Crippen molar-refractivity contribution in [3.63, 3.8) is 0 Å². The summed E-state index contributed by atoms with van der Waals surface area (Å²) in [6, 6.07) is 2.49. The van der Waals surface area contributed by atoms with Gasteiger partial charge in [0.25, 0.3) is 5.91 Å². The van der Waals surface area contributed by atoms with E-state index >= 15 is 0 Å². The average molecular weight is 347 g/mol. The van der Waals surface area contributed by atoms with E-state index in [2.05, 4.69) is 36.2 Å². The number of carbonyl (C=O) groups excluding carboxylic acids is 1. The summed E-state index contributed by atoms with van der Waals surface area (Å²) in [5.41, 5.74) is 2.81. The van der Waals surface area contributed by atoms with Crippen LogP contribution < -0.4 is 5.32 Å². The van der Waals surface area contributed by atoms with Crippen LogP contribution in [0.3, 0.4) is 0 Å². The smallest absolute Gasteiger partial charge is 0.261 e. The number of aryl methyl sites for hydroxylation is 2. The molecule has 2 aliphatic rings. The third-order valence-corrected chi connectivity index (χ3v) is 6.39. The maximum Gasteiger partial charge on any atom is 0.261 e. The van der Waals surface area contributed by atoms with Crippen LogP contribution in [0.5, 0.6) is 0 Å². The number of rotatable bonds is 4. The van der Waals surface area contributed by atoms with Crippen molar-refractivity contribution < 1.29 is 4.79 Å². The fourth-order valence-electron chi connectivity index (χ4n) is 3.61. The normalized spacial score (nSPS) is 19.4. The van der Waals surface area contributed by atoms with Crippen LogP contribution in [0.25, 0.3) is 0 Å². The second-order valence-electron chi connectivity index (χ2n) is 7.45. The molecule has 0 atom stereocenters. The standard InChI is InChI=1S/C20H30N2OS/c1-15(2)8-11-22-12-9-17(10-13-22)21-20(23)19-14-16-6-4-3-5-7-18(16)24-19/h8,14,17H,3-7,9-13H2,1-2H3,(H,21,23). The SMILES string of the molecule is CC(C)=CCN1CCC(NC(=O)c2cc3c(s2)CCCCC3)CC1. The van der Waals surface area contributed by atoms with Crippen LogP contribution >= 0.6 is 11.3 Å². The topological polar surface area (TPSA) is 32.3 Å². The molecule has 2 heterocycles. The van der Waals surface area contributed by atoms with E-state index in [-0.39, 0.29) is 5.91 Å². The molecule has 0 radical (unpaired) electrons. The molecule has 1 aromatic rings. The molecule has 3 rings (SSSR count). The maximum absolute atomic E-state index is 12.6. The molecule has 4 heteroatoms. The number of likely N-dealkylation sites (tertiary alicyclic amines) is 1. The first-order valence-electron chi connectivity index (χ1n) is 9.40. The second kappa shape index (κ2) is 8.30. The van der Waals surface area contributed by atoms with Gasteiger partial charge in [-0.2, -0.15) is 0 Å². The van der Waals surface area contributed by atoms with Crippen LogP contribution in [0.4, 0.5) is 0 Å². The summed E-state index contributed by atoms with van der Waals surface area (Å²) in [6.07, 6.45) is 10.6. The van der Waals surface area contributed by atoms with E-state index in [1.807, 2.05) is 0 Å². The molecule has 3 nitrogen and oxygen atoms in total. The lowest BCUT2D eigenvalue weighted by molar-refractivity contribution is 0.0918. The zero-order valence-electron chi connectivity index (χ0n) is 15.1. The largest absolute Gasteiger partial charge is 0.349 e. The number of hydrogen-bond donors (Lipinski definition) is 1. The Morgan fingerprint density at radius 1 is 1.25 bits per heavy atom. The highest BCUT2D eigenvalue weighted by molar-refractivity contribution is 7.14. The van der Waals surface area contributed by atoms with Gasteiger partial charge < -0.3 is 5.32 Å². The predicted molar refractivity (Wildman–Crippen MR) is 102 cm³/mol. The molecule has 1 amide bonds. The van der Waals surface area contributed by atoms with Crippen LogP contribution in [0, 0.1) is 0 Å². The number of nitrogens with one attached hydrogen (secondary N) is 1. The highest BCUT2D eigenvalue weighted by Gasteiger charge is 2.22. The molecule has 0 bridgehead atoms. The van der Waals surface area contributed by atoms with Crippen molar-refractivity contribution in [1.29, 1.82) is 0 Å². The summed E-state index contributed by atoms with van der Waals surface area (Å²) in [6.45, 7) is 7.50. The van der Waals surface area contributed by atoms with Gasteiger partial charge in [-0.3, -0.25) is 9.69 Å². The Balaban J connectivity index is 1.50. The molecule has 1 saturated heterocycles. The van der Waals surface area contributed by atoms with E-state index < -0.39 is 0 Å². The summed E-state index contributed by atoms with van der Waals surface area (Å²) in [5.74, 6) is 0.149. The van der Waals surface area contributed by atoms with Gasteiger partial charge >= 0.3 is 0 Å². The minimum atomic E-state index is 0.149.